The van der Waals surface area contributed by atoms with Gasteiger partial charge in [0.25, 0.3) is 0 Å². The zero-order valence-corrected chi connectivity index (χ0v) is 13.7. The van der Waals surface area contributed by atoms with Gasteiger partial charge in [-0.1, -0.05) is 30.3 Å². The minimum absolute atomic E-state index is 0.182. The number of thiophene rings is 1. The summed E-state index contributed by atoms with van der Waals surface area (Å²) in [5.74, 6) is 0.182. The molecule has 4 heteroatoms. The van der Waals surface area contributed by atoms with Crippen LogP contribution in [0.1, 0.15) is 28.2 Å². The molecule has 0 saturated heterocycles. The second-order valence-electron chi connectivity index (χ2n) is 5.90. The van der Waals surface area contributed by atoms with Gasteiger partial charge >= 0.3 is 0 Å². The number of benzene rings is 1. The number of carbonyl (C=O) groups is 1. The Morgan fingerprint density at radius 2 is 1.95 bits per heavy atom. The van der Waals surface area contributed by atoms with Crippen molar-refractivity contribution in [3.8, 4) is 0 Å². The van der Waals surface area contributed by atoms with Crippen LogP contribution in [-0.2, 0) is 17.9 Å². The number of rotatable bonds is 7. The van der Waals surface area contributed by atoms with Gasteiger partial charge in [0, 0.05) is 22.3 Å². The molecule has 1 N–H and O–H groups in total. The Balaban J connectivity index is 1.67. The van der Waals surface area contributed by atoms with Gasteiger partial charge in [-0.05, 0) is 37.5 Å². The number of hydrogen-bond donors (Lipinski definition) is 1. The molecule has 0 aliphatic heterocycles. The molecule has 0 unspecified atom stereocenters. The van der Waals surface area contributed by atoms with Crippen molar-refractivity contribution in [3.63, 3.8) is 0 Å². The van der Waals surface area contributed by atoms with E-state index in [1.165, 1.54) is 28.2 Å². The molecule has 1 amide bonds. The number of nitrogens with zero attached hydrogens (tertiary/aromatic N) is 1. The van der Waals surface area contributed by atoms with Crippen molar-refractivity contribution in [1.82, 2.24) is 10.2 Å². The van der Waals surface area contributed by atoms with Crippen molar-refractivity contribution < 1.29 is 4.79 Å². The normalized spacial score (nSPS) is 14.0. The summed E-state index contributed by atoms with van der Waals surface area (Å²) in [5.41, 5.74) is 1.18. The second-order valence-corrected chi connectivity index (χ2v) is 7.28. The van der Waals surface area contributed by atoms with Crippen LogP contribution < -0.4 is 5.32 Å². The van der Waals surface area contributed by atoms with Crippen LogP contribution in [0.5, 0.6) is 0 Å². The molecule has 2 aromatic rings. The Labute approximate surface area is 136 Å². The molecule has 0 radical (unpaired) electrons. The average Bonchev–Trinajstić information content (AvgIpc) is 3.27. The average molecular weight is 314 g/mol. The molecule has 1 aliphatic rings. The summed E-state index contributed by atoms with van der Waals surface area (Å²) in [4.78, 5) is 17.0. The van der Waals surface area contributed by atoms with Crippen LogP contribution >= 0.6 is 11.3 Å². The van der Waals surface area contributed by atoms with Crippen LogP contribution in [0.4, 0.5) is 0 Å². The zero-order chi connectivity index (χ0) is 15.4. The molecule has 0 spiro atoms. The summed E-state index contributed by atoms with van der Waals surface area (Å²) in [6.07, 6.45) is 2.41. The lowest BCUT2D eigenvalue weighted by Gasteiger charge is -2.22. The van der Waals surface area contributed by atoms with Crippen molar-refractivity contribution in [3.05, 3.63) is 57.8 Å². The number of carbonyl (C=O) groups excluding carboxylic acids is 1. The smallest absolute Gasteiger partial charge is 0.237 e. The number of nitrogens with one attached hydrogen (secondary N) is 1. The first-order valence-corrected chi connectivity index (χ1v) is 8.63. The first kappa shape index (κ1) is 15.3. The molecule has 1 aromatic heterocycles. The standard InChI is InChI=1S/C18H22N2OS/c1-14-7-10-17(22-14)13-20(12-15-5-3-2-4-6-15)18(21)11-19-16-8-9-16/h2-7,10,16,19H,8-9,11-13H2,1H3. The second kappa shape index (κ2) is 7.07. The van der Waals surface area contributed by atoms with Gasteiger partial charge < -0.3 is 10.2 Å². The van der Waals surface area contributed by atoms with E-state index >= 15 is 0 Å². The fourth-order valence-electron chi connectivity index (χ4n) is 2.43. The van der Waals surface area contributed by atoms with E-state index in [2.05, 4.69) is 36.5 Å². The SMILES string of the molecule is Cc1ccc(CN(Cc2ccccc2)C(=O)CNC2CC2)s1. The Bertz CT molecular complexity index is 619. The van der Waals surface area contributed by atoms with Crippen LogP contribution in [0, 0.1) is 6.92 Å². The zero-order valence-electron chi connectivity index (χ0n) is 12.9. The summed E-state index contributed by atoms with van der Waals surface area (Å²) < 4.78 is 0. The molecular weight excluding hydrogens is 292 g/mol. The van der Waals surface area contributed by atoms with Crippen molar-refractivity contribution in [1.29, 1.82) is 0 Å². The van der Waals surface area contributed by atoms with Crippen LogP contribution in [0.2, 0.25) is 0 Å². The first-order chi connectivity index (χ1) is 10.7. The summed E-state index contributed by atoms with van der Waals surface area (Å²) in [5, 5.41) is 3.33. The highest BCUT2D eigenvalue weighted by Gasteiger charge is 2.23. The number of hydrogen-bond acceptors (Lipinski definition) is 3. The van der Waals surface area contributed by atoms with Gasteiger partial charge in [0.2, 0.25) is 5.91 Å². The van der Waals surface area contributed by atoms with E-state index in [1.54, 1.807) is 11.3 Å². The summed E-state index contributed by atoms with van der Waals surface area (Å²) >= 11 is 1.77. The Kier molecular flexibility index (Phi) is 4.90. The fraction of sp³-hybridized carbons (Fsp3) is 0.389. The van der Waals surface area contributed by atoms with Gasteiger partial charge in [-0.25, -0.2) is 0 Å². The molecule has 1 heterocycles. The maximum Gasteiger partial charge on any atom is 0.237 e. The van der Waals surface area contributed by atoms with Gasteiger partial charge in [0.15, 0.2) is 0 Å². The third-order valence-corrected chi connectivity index (χ3v) is 4.82. The largest absolute Gasteiger partial charge is 0.332 e. The van der Waals surface area contributed by atoms with E-state index in [0.29, 0.717) is 25.7 Å². The van der Waals surface area contributed by atoms with Crippen LogP contribution in [0.3, 0.4) is 0 Å². The summed E-state index contributed by atoms with van der Waals surface area (Å²) in [6, 6.07) is 15.0. The monoisotopic (exact) mass is 314 g/mol. The molecule has 0 bridgehead atoms. The fourth-order valence-corrected chi connectivity index (χ4v) is 3.33. The highest BCUT2D eigenvalue weighted by molar-refractivity contribution is 7.11. The topological polar surface area (TPSA) is 32.3 Å². The van der Waals surface area contributed by atoms with Crippen molar-refractivity contribution in [2.45, 2.75) is 38.9 Å². The molecule has 1 aliphatic carbocycles. The summed E-state index contributed by atoms with van der Waals surface area (Å²) in [7, 11) is 0. The van der Waals surface area contributed by atoms with Gasteiger partial charge in [-0.15, -0.1) is 11.3 Å². The molecule has 22 heavy (non-hydrogen) atoms. The van der Waals surface area contributed by atoms with Crippen molar-refractivity contribution >= 4 is 17.2 Å². The maximum absolute atomic E-state index is 12.6. The highest BCUT2D eigenvalue weighted by atomic mass is 32.1. The van der Waals surface area contributed by atoms with E-state index < -0.39 is 0 Å². The molecular formula is C18H22N2OS. The van der Waals surface area contributed by atoms with E-state index in [4.69, 9.17) is 0 Å². The summed E-state index contributed by atoms with van der Waals surface area (Å²) in [6.45, 7) is 3.91. The van der Waals surface area contributed by atoms with E-state index in [-0.39, 0.29) is 5.91 Å². The molecule has 1 aromatic carbocycles. The quantitative estimate of drug-likeness (QED) is 0.850. The molecule has 116 valence electrons. The predicted molar refractivity (Wildman–Crippen MR) is 90.8 cm³/mol. The molecule has 1 fully saturated rings. The highest BCUT2D eigenvalue weighted by Crippen LogP contribution is 2.20. The van der Waals surface area contributed by atoms with Crippen LogP contribution in [0.15, 0.2) is 42.5 Å². The Hall–Kier alpha value is -1.65. The van der Waals surface area contributed by atoms with E-state index in [0.717, 1.165) is 0 Å². The number of aryl methyl sites for hydroxylation is 1. The maximum atomic E-state index is 12.6. The molecule has 1 saturated carbocycles. The lowest BCUT2D eigenvalue weighted by atomic mass is 10.2. The van der Waals surface area contributed by atoms with E-state index in [1.807, 2.05) is 23.1 Å². The minimum Gasteiger partial charge on any atom is -0.332 e. The van der Waals surface area contributed by atoms with Crippen LogP contribution in [-0.4, -0.2) is 23.4 Å². The Morgan fingerprint density at radius 3 is 2.59 bits per heavy atom. The van der Waals surface area contributed by atoms with Crippen molar-refractivity contribution in [2.24, 2.45) is 0 Å². The molecule has 3 nitrogen and oxygen atoms in total. The predicted octanol–water partition coefficient (Wildman–Crippen LogP) is 3.34. The first-order valence-electron chi connectivity index (χ1n) is 7.81. The van der Waals surface area contributed by atoms with Gasteiger partial charge in [-0.2, -0.15) is 0 Å². The van der Waals surface area contributed by atoms with Gasteiger partial charge in [-0.3, -0.25) is 4.79 Å². The number of amides is 1. The Morgan fingerprint density at radius 1 is 1.18 bits per heavy atom. The minimum atomic E-state index is 0.182. The third-order valence-electron chi connectivity index (χ3n) is 3.83. The molecule has 3 rings (SSSR count). The van der Waals surface area contributed by atoms with Gasteiger partial charge in [0.1, 0.15) is 0 Å². The lowest BCUT2D eigenvalue weighted by molar-refractivity contribution is -0.131. The third kappa shape index (κ3) is 4.42. The molecule has 0 atom stereocenters. The van der Waals surface area contributed by atoms with E-state index in [9.17, 15) is 4.79 Å². The van der Waals surface area contributed by atoms with Gasteiger partial charge in [0.05, 0.1) is 13.1 Å². The van der Waals surface area contributed by atoms with Crippen molar-refractivity contribution in [2.75, 3.05) is 6.54 Å². The lowest BCUT2D eigenvalue weighted by Crippen LogP contribution is -2.38. The van der Waals surface area contributed by atoms with Crippen LogP contribution in [0.25, 0.3) is 0 Å².